The van der Waals surface area contributed by atoms with E-state index in [1.54, 1.807) is 4.90 Å². The van der Waals surface area contributed by atoms with Crippen LogP contribution >= 0.6 is 12.2 Å². The molecule has 0 saturated carbocycles. The van der Waals surface area contributed by atoms with Gasteiger partial charge in [0.1, 0.15) is 6.61 Å². The Morgan fingerprint density at radius 3 is 3.00 bits per heavy atom. The molecule has 1 heterocycles. The largest absolute Gasteiger partial charge is 0.372 e. The zero-order valence-electron chi connectivity index (χ0n) is 7.21. The first-order valence-electron chi connectivity index (χ1n) is 4.16. The second kappa shape index (κ2) is 4.52. The molecule has 0 bridgehead atoms. The van der Waals surface area contributed by atoms with E-state index < -0.39 is 0 Å². The second-order valence-electron chi connectivity index (χ2n) is 2.68. The number of likely N-dealkylation sites (tertiary alicyclic amines) is 1. The van der Waals surface area contributed by atoms with Crippen molar-refractivity contribution < 1.29 is 9.53 Å². The normalized spacial score (nSPS) is 17.1. The number of carbonyl (C=O) groups is 1. The van der Waals surface area contributed by atoms with Gasteiger partial charge >= 0.3 is 0 Å². The van der Waals surface area contributed by atoms with Gasteiger partial charge in [0.05, 0.1) is 4.99 Å². The van der Waals surface area contributed by atoms with Crippen LogP contribution in [0.2, 0.25) is 0 Å². The fourth-order valence-corrected chi connectivity index (χ4v) is 1.52. The summed E-state index contributed by atoms with van der Waals surface area (Å²) in [5.74, 6) is -0.000602. The van der Waals surface area contributed by atoms with E-state index in [2.05, 4.69) is 0 Å². The highest BCUT2D eigenvalue weighted by molar-refractivity contribution is 7.80. The lowest BCUT2D eigenvalue weighted by atomic mass is 10.4. The van der Waals surface area contributed by atoms with Crippen molar-refractivity contribution in [2.45, 2.75) is 19.8 Å². The van der Waals surface area contributed by atoms with Gasteiger partial charge in [0.2, 0.25) is 0 Å². The Hall–Kier alpha value is -0.480. The number of ether oxygens (including phenoxy) is 1. The summed E-state index contributed by atoms with van der Waals surface area (Å²) in [6, 6.07) is 0. The zero-order chi connectivity index (χ0) is 8.97. The SMILES string of the molecule is CCOCC(=O)N1CCCC1=S. The number of amides is 1. The number of hydrogen-bond donors (Lipinski definition) is 0. The minimum absolute atomic E-state index is 0.000602. The van der Waals surface area contributed by atoms with Crippen molar-refractivity contribution in [1.29, 1.82) is 0 Å². The van der Waals surface area contributed by atoms with E-state index in [0.29, 0.717) is 6.61 Å². The molecule has 0 aromatic heterocycles. The van der Waals surface area contributed by atoms with Crippen molar-refractivity contribution in [1.82, 2.24) is 4.90 Å². The summed E-state index contributed by atoms with van der Waals surface area (Å²) in [5, 5.41) is 0. The van der Waals surface area contributed by atoms with Crippen LogP contribution in [0.4, 0.5) is 0 Å². The van der Waals surface area contributed by atoms with Gasteiger partial charge < -0.3 is 9.64 Å². The topological polar surface area (TPSA) is 29.5 Å². The highest BCUT2D eigenvalue weighted by atomic mass is 32.1. The Balaban J connectivity index is 2.36. The van der Waals surface area contributed by atoms with E-state index in [0.717, 1.165) is 24.4 Å². The second-order valence-corrected chi connectivity index (χ2v) is 3.15. The molecule has 1 amide bonds. The van der Waals surface area contributed by atoms with Crippen LogP contribution in [-0.2, 0) is 9.53 Å². The molecule has 0 aliphatic carbocycles. The van der Waals surface area contributed by atoms with Gasteiger partial charge in [-0.25, -0.2) is 0 Å². The van der Waals surface area contributed by atoms with Crippen molar-refractivity contribution in [3.63, 3.8) is 0 Å². The maximum absolute atomic E-state index is 11.3. The van der Waals surface area contributed by atoms with Crippen LogP contribution in [0.5, 0.6) is 0 Å². The average Bonchev–Trinajstić information content (AvgIpc) is 2.47. The van der Waals surface area contributed by atoms with E-state index in [-0.39, 0.29) is 12.5 Å². The summed E-state index contributed by atoms with van der Waals surface area (Å²) in [7, 11) is 0. The monoisotopic (exact) mass is 187 g/mol. The summed E-state index contributed by atoms with van der Waals surface area (Å²) < 4.78 is 5.01. The first-order valence-corrected chi connectivity index (χ1v) is 4.57. The predicted octanol–water partition coefficient (Wildman–Crippen LogP) is 0.973. The van der Waals surface area contributed by atoms with Gasteiger partial charge in [-0.1, -0.05) is 12.2 Å². The molecule has 12 heavy (non-hydrogen) atoms. The van der Waals surface area contributed by atoms with E-state index in [1.165, 1.54) is 0 Å². The molecule has 1 fully saturated rings. The molecule has 0 atom stereocenters. The van der Waals surface area contributed by atoms with Gasteiger partial charge in [-0.15, -0.1) is 0 Å². The number of thiocarbonyl (C=S) groups is 1. The molecular weight excluding hydrogens is 174 g/mol. The lowest BCUT2D eigenvalue weighted by molar-refractivity contribution is -0.131. The van der Waals surface area contributed by atoms with Gasteiger partial charge in [0.25, 0.3) is 5.91 Å². The van der Waals surface area contributed by atoms with Crippen molar-refractivity contribution in [3.05, 3.63) is 0 Å². The molecule has 0 spiro atoms. The van der Waals surface area contributed by atoms with Gasteiger partial charge in [0.15, 0.2) is 0 Å². The number of carbonyl (C=O) groups excluding carboxylic acids is 1. The Morgan fingerprint density at radius 2 is 2.50 bits per heavy atom. The van der Waals surface area contributed by atoms with E-state index in [1.807, 2.05) is 6.92 Å². The van der Waals surface area contributed by atoms with Gasteiger partial charge in [-0.2, -0.15) is 0 Å². The third-order valence-corrected chi connectivity index (χ3v) is 2.23. The van der Waals surface area contributed by atoms with Gasteiger partial charge in [-0.05, 0) is 13.3 Å². The van der Waals surface area contributed by atoms with Crippen LogP contribution in [0.15, 0.2) is 0 Å². The molecule has 0 radical (unpaired) electrons. The highest BCUT2D eigenvalue weighted by Crippen LogP contribution is 2.11. The molecule has 1 saturated heterocycles. The Kier molecular flexibility index (Phi) is 3.62. The predicted molar refractivity (Wildman–Crippen MR) is 50.0 cm³/mol. The Bertz CT molecular complexity index is 193. The molecule has 0 aromatic rings. The first-order chi connectivity index (χ1) is 5.75. The van der Waals surface area contributed by atoms with Crippen LogP contribution < -0.4 is 0 Å². The van der Waals surface area contributed by atoms with Crippen molar-refractivity contribution >= 4 is 23.1 Å². The minimum Gasteiger partial charge on any atom is -0.372 e. The Morgan fingerprint density at radius 1 is 1.75 bits per heavy atom. The third kappa shape index (κ3) is 2.25. The highest BCUT2D eigenvalue weighted by Gasteiger charge is 2.22. The molecule has 0 aromatic carbocycles. The maximum atomic E-state index is 11.3. The van der Waals surface area contributed by atoms with Crippen molar-refractivity contribution in [3.8, 4) is 0 Å². The summed E-state index contributed by atoms with van der Waals surface area (Å²) in [6.07, 6.45) is 1.86. The average molecular weight is 187 g/mol. The van der Waals surface area contributed by atoms with Crippen LogP contribution in [0.3, 0.4) is 0 Å². The zero-order valence-corrected chi connectivity index (χ0v) is 8.02. The molecule has 1 aliphatic rings. The van der Waals surface area contributed by atoms with Crippen molar-refractivity contribution in [2.24, 2.45) is 0 Å². The maximum Gasteiger partial charge on any atom is 0.253 e. The van der Waals surface area contributed by atoms with Crippen LogP contribution in [0, 0.1) is 0 Å². The standard InChI is InChI=1S/C8H13NO2S/c1-2-11-6-7(10)9-5-3-4-8(9)12/h2-6H2,1H3. The smallest absolute Gasteiger partial charge is 0.253 e. The van der Waals surface area contributed by atoms with Gasteiger partial charge in [-0.3, -0.25) is 4.79 Å². The fraction of sp³-hybridized carbons (Fsp3) is 0.750. The molecule has 1 aliphatic heterocycles. The van der Waals surface area contributed by atoms with E-state index in [4.69, 9.17) is 17.0 Å². The first kappa shape index (κ1) is 9.61. The fourth-order valence-electron chi connectivity index (χ4n) is 1.18. The van der Waals surface area contributed by atoms with E-state index >= 15 is 0 Å². The summed E-state index contributed by atoms with van der Waals surface area (Å²) in [5.41, 5.74) is 0. The minimum atomic E-state index is -0.000602. The van der Waals surface area contributed by atoms with Crippen LogP contribution in [-0.4, -0.2) is 35.6 Å². The molecule has 4 heteroatoms. The summed E-state index contributed by atoms with van der Waals surface area (Å²) >= 11 is 5.02. The molecule has 3 nitrogen and oxygen atoms in total. The number of rotatable bonds is 3. The van der Waals surface area contributed by atoms with Gasteiger partial charge in [0, 0.05) is 19.6 Å². The number of hydrogen-bond acceptors (Lipinski definition) is 3. The summed E-state index contributed by atoms with van der Waals surface area (Å²) in [4.78, 5) is 13.7. The lowest BCUT2D eigenvalue weighted by Crippen LogP contribution is -2.33. The molecule has 1 rings (SSSR count). The molecule has 68 valence electrons. The van der Waals surface area contributed by atoms with Crippen LogP contribution in [0.25, 0.3) is 0 Å². The summed E-state index contributed by atoms with van der Waals surface area (Å²) in [6.45, 7) is 3.38. The number of nitrogens with zero attached hydrogens (tertiary/aromatic N) is 1. The molecule has 0 N–H and O–H groups in total. The lowest BCUT2D eigenvalue weighted by Gasteiger charge is -2.14. The molecular formula is C8H13NO2S. The van der Waals surface area contributed by atoms with Crippen LogP contribution in [0.1, 0.15) is 19.8 Å². The molecule has 0 unspecified atom stereocenters. The third-order valence-electron chi connectivity index (χ3n) is 1.80. The van der Waals surface area contributed by atoms with E-state index in [9.17, 15) is 4.79 Å². The van der Waals surface area contributed by atoms with Crippen molar-refractivity contribution in [2.75, 3.05) is 19.8 Å². The Labute approximate surface area is 77.7 Å². The quantitative estimate of drug-likeness (QED) is 0.617.